The van der Waals surface area contributed by atoms with E-state index in [2.05, 4.69) is 16.0 Å². The molecule has 1 heterocycles. The van der Waals surface area contributed by atoms with Crippen LogP contribution in [0.15, 0.2) is 30.3 Å². The second-order valence-electron chi connectivity index (χ2n) is 9.52. The summed E-state index contributed by atoms with van der Waals surface area (Å²) in [7, 11) is 0. The Morgan fingerprint density at radius 2 is 1.75 bits per heavy atom. The summed E-state index contributed by atoms with van der Waals surface area (Å²) < 4.78 is 6.06. The summed E-state index contributed by atoms with van der Waals surface area (Å²) in [5.41, 5.74) is 1.01. The van der Waals surface area contributed by atoms with E-state index in [1.165, 1.54) is 4.90 Å². The van der Waals surface area contributed by atoms with Crippen LogP contribution >= 0.6 is 0 Å². The molecule has 1 aromatic carbocycles. The van der Waals surface area contributed by atoms with Crippen LogP contribution in [0.2, 0.25) is 0 Å². The topological polar surface area (TPSA) is 117 Å². The number of amides is 4. The average molecular weight is 671 g/mol. The Morgan fingerprint density at radius 1 is 1.11 bits per heavy atom. The molecule has 2 rings (SSSR count). The number of hydrogen-bond donors (Lipinski definition) is 3. The van der Waals surface area contributed by atoms with Gasteiger partial charge in [-0.25, -0.2) is 6.54 Å². The number of carbonyl (C=O) groups excluding carboxylic acids is 4. The summed E-state index contributed by atoms with van der Waals surface area (Å²) in [6.45, 7) is 11.5. The molecule has 1 aliphatic rings. The monoisotopic (exact) mass is 671 g/mol. The van der Waals surface area contributed by atoms with E-state index < -0.39 is 24.0 Å². The predicted molar refractivity (Wildman–Crippen MR) is 132 cm³/mol. The van der Waals surface area contributed by atoms with Crippen molar-refractivity contribution >= 4 is 24.1 Å². The van der Waals surface area contributed by atoms with Crippen molar-refractivity contribution in [2.45, 2.75) is 78.3 Å². The van der Waals surface area contributed by atoms with Gasteiger partial charge in [0.2, 0.25) is 24.1 Å². The van der Waals surface area contributed by atoms with Gasteiger partial charge in [-0.15, -0.1) is 0 Å². The van der Waals surface area contributed by atoms with Crippen LogP contribution in [0.3, 0.4) is 0 Å². The molecule has 9 nitrogen and oxygen atoms in total. The molecule has 0 aliphatic carbocycles. The van der Waals surface area contributed by atoms with Crippen molar-refractivity contribution in [2.75, 3.05) is 6.54 Å². The van der Waals surface area contributed by atoms with Crippen molar-refractivity contribution in [3.8, 4) is 0 Å². The van der Waals surface area contributed by atoms with E-state index in [-0.39, 0.29) is 57.4 Å². The van der Waals surface area contributed by atoms with Gasteiger partial charge in [0.1, 0.15) is 18.1 Å². The maximum atomic E-state index is 13.7. The van der Waals surface area contributed by atoms with E-state index in [0.717, 1.165) is 5.56 Å². The van der Waals surface area contributed by atoms with Gasteiger partial charge in [-0.05, 0) is 17.4 Å². The zero-order valence-corrected chi connectivity index (χ0v) is 24.7. The Labute approximate surface area is 228 Å². The third-order valence-electron chi connectivity index (χ3n) is 6.05. The van der Waals surface area contributed by atoms with E-state index >= 15 is 0 Å². The normalized spacial score (nSPS) is 18.8. The van der Waals surface area contributed by atoms with Crippen molar-refractivity contribution in [1.29, 1.82) is 0 Å². The van der Waals surface area contributed by atoms with E-state index in [1.54, 1.807) is 6.54 Å². The molecule has 1 saturated heterocycles. The Bertz CT molecular complexity index is 852. The molecule has 0 radical (unpaired) electrons. The van der Waals surface area contributed by atoms with Crippen LogP contribution in [0.25, 0.3) is 0 Å². The quantitative estimate of drug-likeness (QED) is 0.219. The molecule has 1 fully saturated rings. The largest absolute Gasteiger partial charge is 2.00 e. The minimum absolute atomic E-state index is 0. The number of rotatable bonds is 13. The van der Waals surface area contributed by atoms with Gasteiger partial charge in [-0.3, -0.25) is 19.2 Å². The minimum atomic E-state index is -0.851. The second kappa shape index (κ2) is 15.8. The van der Waals surface area contributed by atoms with Crippen molar-refractivity contribution < 1.29 is 45.0 Å². The molecule has 36 heavy (non-hydrogen) atoms. The summed E-state index contributed by atoms with van der Waals surface area (Å²) >= 11 is 0. The van der Waals surface area contributed by atoms with Crippen molar-refractivity contribution in [1.82, 2.24) is 20.9 Å². The first-order valence-electron chi connectivity index (χ1n) is 12.3. The summed E-state index contributed by atoms with van der Waals surface area (Å²) in [5, 5.41) is 8.08. The molecule has 0 spiro atoms. The Hall–Kier alpha value is -2.25. The first-order valence-corrected chi connectivity index (χ1v) is 12.3. The number of hydrogen-bond acceptors (Lipinski definition) is 5. The van der Waals surface area contributed by atoms with Gasteiger partial charge in [-0.1, -0.05) is 65.0 Å². The number of carbonyl (C=O) groups is 4. The fourth-order valence-electron chi connectivity index (χ4n) is 4.08. The summed E-state index contributed by atoms with van der Waals surface area (Å²) in [6.07, 6.45) is 1.18. The molecule has 0 bridgehead atoms. The van der Waals surface area contributed by atoms with Crippen LogP contribution in [-0.2, 0) is 51.6 Å². The van der Waals surface area contributed by atoms with Crippen LogP contribution in [0, 0.1) is 18.4 Å². The zero-order chi connectivity index (χ0) is 26.0. The molecule has 0 aromatic heterocycles. The number of ether oxygens (including phenoxy) is 1. The van der Waals surface area contributed by atoms with E-state index in [9.17, 15) is 19.2 Å². The van der Waals surface area contributed by atoms with Gasteiger partial charge in [0.15, 0.2) is 0 Å². The van der Waals surface area contributed by atoms with E-state index in [0.29, 0.717) is 25.9 Å². The Kier molecular flexibility index (Phi) is 13.9. The van der Waals surface area contributed by atoms with Crippen molar-refractivity contribution in [3.05, 3.63) is 42.4 Å². The van der Waals surface area contributed by atoms with Crippen molar-refractivity contribution in [3.63, 3.8) is 0 Å². The zero-order valence-electron chi connectivity index (χ0n) is 21.7. The smallest absolute Gasteiger partial charge is 0.504 e. The first kappa shape index (κ1) is 31.8. The molecular weight excluding hydrogens is 632 g/mol. The number of nitrogens with one attached hydrogen (secondary N) is 3. The molecular formula is C26H39N4O5W+. The maximum absolute atomic E-state index is 13.7. The van der Waals surface area contributed by atoms with Gasteiger partial charge in [-0.2, -0.15) is 6.42 Å². The molecule has 1 aliphatic heterocycles. The molecule has 1 aromatic rings. The fourth-order valence-corrected chi connectivity index (χ4v) is 4.08. The van der Waals surface area contributed by atoms with E-state index in [4.69, 9.17) is 4.74 Å². The van der Waals surface area contributed by atoms with Gasteiger partial charge in [0.05, 0.1) is 12.7 Å². The number of nitrogens with zero attached hydrogens (tertiary/aromatic N) is 1. The predicted octanol–water partition coefficient (Wildman–Crippen LogP) is 1.77. The van der Waals surface area contributed by atoms with E-state index in [1.807, 2.05) is 65.0 Å². The van der Waals surface area contributed by atoms with Crippen molar-refractivity contribution in [2.24, 2.45) is 11.8 Å². The minimum Gasteiger partial charge on any atom is -0.504 e. The fraction of sp³-hybridized carbons (Fsp3) is 0.577. The molecule has 10 heteroatoms. The standard InChI is InChI=1S/C26H39N4O5.W/c1-6-12-27-24(32)21-13-20(35-15-19-10-8-7-9-11-19)14-30(21)26(34)23(18(4)5)29-25(33)22(17(2)3)28-16-31;/h7-12,16-18,20-23H,6,13-15H2,1-5H3,(H,27,32)(H,28,31)(H,29,33);/q-1;+2. The SMILES string of the molecule is CC[CH-]NC(=O)C1CC(OCc2ccccc2)CN1C(=O)C(NC(=O)C(NC=O)C(C)C)C(C)C.[W+2]. The maximum Gasteiger partial charge on any atom is 2.00 e. The number of benzene rings is 1. The molecule has 4 atom stereocenters. The molecule has 4 unspecified atom stereocenters. The van der Waals surface area contributed by atoms with Crippen LogP contribution in [-0.4, -0.2) is 59.8 Å². The van der Waals surface area contributed by atoms with Crippen LogP contribution in [0.5, 0.6) is 0 Å². The van der Waals surface area contributed by atoms with Gasteiger partial charge in [0, 0.05) is 13.0 Å². The van der Waals surface area contributed by atoms with Gasteiger partial charge in [0.25, 0.3) is 0 Å². The Balaban J connectivity index is 0.00000648. The van der Waals surface area contributed by atoms with Crippen LogP contribution in [0.1, 0.15) is 53.0 Å². The third-order valence-corrected chi connectivity index (χ3v) is 6.05. The van der Waals surface area contributed by atoms with Gasteiger partial charge >= 0.3 is 21.1 Å². The molecule has 0 saturated carbocycles. The Morgan fingerprint density at radius 3 is 2.31 bits per heavy atom. The third kappa shape index (κ3) is 9.00. The van der Waals surface area contributed by atoms with Crippen LogP contribution in [0.4, 0.5) is 0 Å². The van der Waals surface area contributed by atoms with Crippen LogP contribution < -0.4 is 16.0 Å². The summed E-state index contributed by atoms with van der Waals surface area (Å²) in [4.78, 5) is 51.9. The average Bonchev–Trinajstić information content (AvgIpc) is 3.27. The second-order valence-corrected chi connectivity index (χ2v) is 9.52. The molecule has 4 amide bonds. The molecule has 198 valence electrons. The summed E-state index contributed by atoms with van der Waals surface area (Å²) in [6, 6.07) is 7.38. The first-order chi connectivity index (χ1) is 16.7. The molecule has 3 N–H and O–H groups in total. The summed E-state index contributed by atoms with van der Waals surface area (Å²) in [5.74, 6) is -1.44. The van der Waals surface area contributed by atoms with Gasteiger partial charge < -0.3 is 25.6 Å². The number of likely N-dealkylation sites (tertiary alicyclic amines) is 1.